The molecule has 0 aromatic heterocycles. The number of rotatable bonds is 2. The highest BCUT2D eigenvalue weighted by molar-refractivity contribution is 8.00. The maximum absolute atomic E-state index is 9.38. The second-order valence-electron chi connectivity index (χ2n) is 2.93. The summed E-state index contributed by atoms with van der Waals surface area (Å²) in [5.74, 6) is 0. The monoisotopic (exact) mass is 210 g/mol. The lowest BCUT2D eigenvalue weighted by Gasteiger charge is -2.38. The molecule has 1 rings (SSSR count). The van der Waals surface area contributed by atoms with Gasteiger partial charge in [0.15, 0.2) is 0 Å². The largest absolute Gasteiger partial charge is 0.395 e. The summed E-state index contributed by atoms with van der Waals surface area (Å²) in [6, 6.07) is 0. The second kappa shape index (κ2) is 4.59. The first-order chi connectivity index (χ1) is 6.11. The molecule has 1 aliphatic heterocycles. The van der Waals surface area contributed by atoms with Gasteiger partial charge in [0.05, 0.1) is 18.0 Å². The van der Waals surface area contributed by atoms with Crippen LogP contribution in [0.1, 0.15) is 0 Å². The third-order valence-electron chi connectivity index (χ3n) is 2.08. The zero-order chi connectivity index (χ0) is 10.0. The smallest absolute Gasteiger partial charge is 0.131 e. The van der Waals surface area contributed by atoms with E-state index in [4.69, 9.17) is 9.84 Å². The summed E-state index contributed by atoms with van der Waals surface area (Å²) in [6.07, 6.45) is -3.49. The Morgan fingerprint density at radius 3 is 2.23 bits per heavy atom. The Labute approximate surface area is 80.3 Å². The van der Waals surface area contributed by atoms with Gasteiger partial charge in [-0.1, -0.05) is 0 Å². The molecule has 0 aromatic rings. The van der Waals surface area contributed by atoms with Crippen molar-refractivity contribution in [2.45, 2.75) is 29.0 Å². The molecule has 5 nitrogen and oxygen atoms in total. The van der Waals surface area contributed by atoms with E-state index in [1.54, 1.807) is 0 Å². The molecular formula is C7H14O5S. The van der Waals surface area contributed by atoms with Crippen molar-refractivity contribution in [3.63, 3.8) is 0 Å². The van der Waals surface area contributed by atoms with Crippen LogP contribution in [0, 0.1) is 0 Å². The Hall–Kier alpha value is 0.150. The molecule has 6 heteroatoms. The Bertz CT molecular complexity index is 147. The predicted molar refractivity (Wildman–Crippen MR) is 47.3 cm³/mol. The molecule has 0 radical (unpaired) electrons. The highest BCUT2D eigenvalue weighted by atomic mass is 32.2. The quantitative estimate of drug-likeness (QED) is 0.428. The topological polar surface area (TPSA) is 90.2 Å². The molecule has 0 unspecified atom stereocenters. The first-order valence-corrected chi connectivity index (χ1v) is 4.89. The van der Waals surface area contributed by atoms with Crippen molar-refractivity contribution >= 4 is 11.8 Å². The lowest BCUT2D eigenvalue weighted by molar-refractivity contribution is -0.102. The van der Waals surface area contributed by atoms with Crippen molar-refractivity contribution in [1.29, 1.82) is 0 Å². The van der Waals surface area contributed by atoms with Gasteiger partial charge in [-0.05, 0) is 0 Å². The van der Waals surface area contributed by atoms with Crippen molar-refractivity contribution in [1.82, 2.24) is 0 Å². The van der Waals surface area contributed by atoms with Gasteiger partial charge < -0.3 is 25.2 Å². The molecule has 78 valence electrons. The number of hydrogen-bond acceptors (Lipinski definition) is 6. The van der Waals surface area contributed by atoms with Crippen LogP contribution < -0.4 is 0 Å². The number of methoxy groups -OCH3 is 1. The van der Waals surface area contributed by atoms with Crippen LogP contribution in [-0.2, 0) is 4.74 Å². The van der Waals surface area contributed by atoms with Crippen LogP contribution in [0.25, 0.3) is 0 Å². The van der Waals surface area contributed by atoms with Crippen LogP contribution in [0.5, 0.6) is 0 Å². The molecule has 0 spiro atoms. The minimum absolute atomic E-state index is 0.254. The first kappa shape index (κ1) is 11.2. The van der Waals surface area contributed by atoms with Crippen LogP contribution in [0.2, 0.25) is 0 Å². The number of aliphatic hydroxyl groups excluding tert-OH is 4. The molecule has 5 atom stereocenters. The Morgan fingerprint density at radius 2 is 1.77 bits per heavy atom. The van der Waals surface area contributed by atoms with E-state index in [0.29, 0.717) is 0 Å². The van der Waals surface area contributed by atoms with Crippen molar-refractivity contribution in [2.75, 3.05) is 13.7 Å². The minimum Gasteiger partial charge on any atom is -0.395 e. The van der Waals surface area contributed by atoms with E-state index >= 15 is 0 Å². The van der Waals surface area contributed by atoms with Crippen molar-refractivity contribution in [3.8, 4) is 0 Å². The summed E-state index contributed by atoms with van der Waals surface area (Å²) >= 11 is 1.12. The molecule has 0 aliphatic carbocycles. The molecule has 1 saturated heterocycles. The minimum atomic E-state index is -1.26. The molecule has 1 fully saturated rings. The molecule has 0 saturated carbocycles. The van der Waals surface area contributed by atoms with E-state index in [-0.39, 0.29) is 6.61 Å². The van der Waals surface area contributed by atoms with E-state index in [1.807, 2.05) is 0 Å². The molecule has 13 heavy (non-hydrogen) atoms. The fourth-order valence-corrected chi connectivity index (χ4v) is 2.45. The Kier molecular flexibility index (Phi) is 3.96. The summed E-state index contributed by atoms with van der Waals surface area (Å²) in [5, 5.41) is 36.4. The number of thioether (sulfide) groups is 1. The highest BCUT2D eigenvalue weighted by Gasteiger charge is 2.43. The van der Waals surface area contributed by atoms with Gasteiger partial charge in [0, 0.05) is 7.11 Å². The lowest BCUT2D eigenvalue weighted by atomic mass is 10.0. The van der Waals surface area contributed by atoms with Gasteiger partial charge in [-0.2, -0.15) is 0 Å². The number of hydrogen-bond donors (Lipinski definition) is 4. The summed E-state index contributed by atoms with van der Waals surface area (Å²) in [4.78, 5) is 0. The fraction of sp³-hybridized carbons (Fsp3) is 1.00. The van der Waals surface area contributed by atoms with E-state index in [1.165, 1.54) is 7.11 Å². The van der Waals surface area contributed by atoms with Gasteiger partial charge in [-0.25, -0.2) is 0 Å². The lowest BCUT2D eigenvalue weighted by Crippen LogP contribution is -2.54. The van der Waals surface area contributed by atoms with Crippen LogP contribution in [0.3, 0.4) is 0 Å². The van der Waals surface area contributed by atoms with Crippen molar-refractivity contribution in [3.05, 3.63) is 0 Å². The average molecular weight is 210 g/mol. The van der Waals surface area contributed by atoms with Gasteiger partial charge in [0.1, 0.15) is 17.6 Å². The van der Waals surface area contributed by atoms with Gasteiger partial charge >= 0.3 is 0 Å². The normalized spacial score (nSPS) is 46.4. The molecule has 1 aliphatic rings. The SMILES string of the molecule is CO[C@H]1S[C@H](CO)[C@@H](O)[C@H](O)[C@@H]1O. The van der Waals surface area contributed by atoms with E-state index in [9.17, 15) is 15.3 Å². The second-order valence-corrected chi connectivity index (χ2v) is 4.28. The third kappa shape index (κ3) is 2.15. The number of aliphatic hydroxyl groups is 4. The van der Waals surface area contributed by atoms with Crippen molar-refractivity contribution < 1.29 is 25.2 Å². The van der Waals surface area contributed by atoms with Gasteiger partial charge in [0.2, 0.25) is 0 Å². The van der Waals surface area contributed by atoms with Gasteiger partial charge in [0.25, 0.3) is 0 Å². The molecule has 4 N–H and O–H groups in total. The standard InChI is InChI=1S/C7H14O5S/c1-12-7-6(11)5(10)4(9)3(2-8)13-7/h3-11H,2H2,1H3/t3-,4-,5+,6+,7+/m1/s1. The third-order valence-corrected chi connectivity index (χ3v) is 3.60. The maximum atomic E-state index is 9.38. The predicted octanol–water partition coefficient (Wildman–Crippen LogP) is -1.85. The average Bonchev–Trinajstić information content (AvgIpc) is 2.15. The Morgan fingerprint density at radius 1 is 1.15 bits per heavy atom. The van der Waals surface area contributed by atoms with Crippen LogP contribution in [-0.4, -0.2) is 63.1 Å². The highest BCUT2D eigenvalue weighted by Crippen LogP contribution is 2.32. The molecule has 0 aromatic carbocycles. The number of ether oxygens (including phenoxy) is 1. The zero-order valence-corrected chi connectivity index (χ0v) is 8.02. The first-order valence-electron chi connectivity index (χ1n) is 3.95. The molecule has 1 heterocycles. The summed E-state index contributed by atoms with van der Waals surface area (Å²) in [6.45, 7) is -0.254. The van der Waals surface area contributed by atoms with Crippen LogP contribution in [0.15, 0.2) is 0 Å². The summed E-state index contributed by atoms with van der Waals surface area (Å²) in [7, 11) is 1.40. The van der Waals surface area contributed by atoms with E-state index in [2.05, 4.69) is 0 Å². The molecular weight excluding hydrogens is 196 g/mol. The van der Waals surface area contributed by atoms with Crippen LogP contribution >= 0.6 is 11.8 Å². The van der Waals surface area contributed by atoms with Crippen LogP contribution in [0.4, 0.5) is 0 Å². The Balaban J connectivity index is 2.66. The fourth-order valence-electron chi connectivity index (χ4n) is 1.26. The zero-order valence-electron chi connectivity index (χ0n) is 7.20. The van der Waals surface area contributed by atoms with E-state index in [0.717, 1.165) is 11.8 Å². The molecule has 0 bridgehead atoms. The van der Waals surface area contributed by atoms with E-state index < -0.39 is 29.0 Å². The van der Waals surface area contributed by atoms with Crippen molar-refractivity contribution in [2.24, 2.45) is 0 Å². The maximum Gasteiger partial charge on any atom is 0.131 e. The summed E-state index contributed by atoms with van der Waals surface area (Å²) < 4.78 is 4.88. The summed E-state index contributed by atoms with van der Waals surface area (Å²) in [5.41, 5.74) is -0.601. The molecule has 0 amide bonds. The van der Waals surface area contributed by atoms with Gasteiger partial charge in [-0.3, -0.25) is 0 Å². The van der Waals surface area contributed by atoms with Gasteiger partial charge in [-0.15, -0.1) is 11.8 Å².